The molecule has 3 heterocycles. The van der Waals surface area contributed by atoms with Crippen LogP contribution in [0.25, 0.3) is 11.0 Å². The lowest BCUT2D eigenvalue weighted by molar-refractivity contribution is 0.0956. The van der Waals surface area contributed by atoms with Crippen LogP contribution in [0.3, 0.4) is 0 Å². The van der Waals surface area contributed by atoms with Crippen molar-refractivity contribution in [1.82, 2.24) is 20.2 Å². The van der Waals surface area contributed by atoms with Crippen molar-refractivity contribution in [1.29, 1.82) is 0 Å². The molecule has 0 saturated carbocycles. The van der Waals surface area contributed by atoms with E-state index in [1.54, 1.807) is 12.1 Å². The van der Waals surface area contributed by atoms with E-state index in [-0.39, 0.29) is 30.0 Å². The van der Waals surface area contributed by atoms with Crippen molar-refractivity contribution in [2.24, 2.45) is 0 Å². The van der Waals surface area contributed by atoms with Crippen LogP contribution in [0.15, 0.2) is 35.3 Å². The Kier molecular flexibility index (Phi) is 6.28. The Balaban J connectivity index is 1.86. The molecule has 10 heteroatoms. The van der Waals surface area contributed by atoms with Crippen LogP contribution in [0, 0.1) is 5.82 Å². The number of benzene rings is 1. The van der Waals surface area contributed by atoms with E-state index >= 15 is 0 Å². The number of aliphatic hydroxyl groups is 1. The van der Waals surface area contributed by atoms with Crippen molar-refractivity contribution in [3.05, 3.63) is 63.3 Å². The SMILES string of the molecule is CNC(=O)c1c(O)c2ncc(Cc3ccc(F)cc3)c3c2n(c1=O)C[C@H](CNC(C)(C)CO)O3. The lowest BCUT2D eigenvalue weighted by atomic mass is 10.0. The predicted molar refractivity (Wildman–Crippen MR) is 124 cm³/mol. The third kappa shape index (κ3) is 4.34. The van der Waals surface area contributed by atoms with E-state index < -0.39 is 28.9 Å². The van der Waals surface area contributed by atoms with Crippen LogP contribution in [0.4, 0.5) is 4.39 Å². The number of ether oxygens (including phenoxy) is 1. The van der Waals surface area contributed by atoms with E-state index in [1.807, 2.05) is 13.8 Å². The largest absolute Gasteiger partial charge is 0.505 e. The molecule has 3 aromatic rings. The number of hydrogen-bond acceptors (Lipinski definition) is 7. The predicted octanol–water partition coefficient (Wildman–Crippen LogP) is 1.31. The van der Waals surface area contributed by atoms with Gasteiger partial charge in [0, 0.05) is 37.3 Å². The molecule has 4 rings (SSSR count). The first-order valence-electron chi connectivity index (χ1n) is 10.9. The summed E-state index contributed by atoms with van der Waals surface area (Å²) in [6.45, 7) is 4.00. The summed E-state index contributed by atoms with van der Waals surface area (Å²) in [6.07, 6.45) is 1.37. The highest BCUT2D eigenvalue weighted by Gasteiger charge is 2.32. The second-order valence-electron chi connectivity index (χ2n) is 8.99. The summed E-state index contributed by atoms with van der Waals surface area (Å²) >= 11 is 0. The highest BCUT2D eigenvalue weighted by molar-refractivity contribution is 6.02. The van der Waals surface area contributed by atoms with Gasteiger partial charge in [0.1, 0.15) is 28.5 Å². The fourth-order valence-corrected chi connectivity index (χ4v) is 3.95. The molecular formula is C24H27FN4O5. The molecule has 4 N–H and O–H groups in total. The summed E-state index contributed by atoms with van der Waals surface area (Å²) < 4.78 is 21.0. The Morgan fingerprint density at radius 3 is 2.68 bits per heavy atom. The molecule has 2 aromatic heterocycles. The van der Waals surface area contributed by atoms with E-state index in [4.69, 9.17) is 4.74 Å². The summed E-state index contributed by atoms with van der Waals surface area (Å²) in [7, 11) is 1.37. The van der Waals surface area contributed by atoms with Gasteiger partial charge >= 0.3 is 0 Å². The van der Waals surface area contributed by atoms with E-state index in [0.29, 0.717) is 29.8 Å². The second-order valence-corrected chi connectivity index (χ2v) is 8.99. The third-order valence-electron chi connectivity index (χ3n) is 5.91. The van der Waals surface area contributed by atoms with Gasteiger partial charge < -0.3 is 25.6 Å². The van der Waals surface area contributed by atoms with Crippen LogP contribution >= 0.6 is 0 Å². The van der Waals surface area contributed by atoms with Crippen molar-refractivity contribution >= 4 is 16.9 Å². The zero-order chi connectivity index (χ0) is 24.6. The van der Waals surface area contributed by atoms with Gasteiger partial charge in [-0.3, -0.25) is 19.1 Å². The number of rotatable bonds is 7. The van der Waals surface area contributed by atoms with E-state index in [2.05, 4.69) is 15.6 Å². The summed E-state index contributed by atoms with van der Waals surface area (Å²) in [5.41, 5.74) is 0.228. The number of hydrogen-bond donors (Lipinski definition) is 4. The molecule has 0 fully saturated rings. The monoisotopic (exact) mass is 470 g/mol. The van der Waals surface area contributed by atoms with Crippen LogP contribution in [0.2, 0.25) is 0 Å². The molecule has 1 aromatic carbocycles. The molecule has 0 aliphatic carbocycles. The minimum atomic E-state index is -0.713. The molecule has 1 aliphatic rings. The molecule has 1 amide bonds. The quantitative estimate of drug-likeness (QED) is 0.410. The van der Waals surface area contributed by atoms with E-state index in [0.717, 1.165) is 5.56 Å². The Labute approximate surface area is 195 Å². The first-order chi connectivity index (χ1) is 16.1. The Morgan fingerprint density at radius 1 is 1.32 bits per heavy atom. The molecule has 1 aliphatic heterocycles. The topological polar surface area (TPSA) is 126 Å². The van der Waals surface area contributed by atoms with Crippen molar-refractivity contribution in [3.63, 3.8) is 0 Å². The number of aliphatic hydroxyl groups excluding tert-OH is 1. The zero-order valence-corrected chi connectivity index (χ0v) is 19.2. The molecule has 0 radical (unpaired) electrons. The zero-order valence-electron chi connectivity index (χ0n) is 19.2. The maximum Gasteiger partial charge on any atom is 0.268 e. The molecule has 1 atom stereocenters. The van der Waals surface area contributed by atoms with Crippen LogP contribution < -0.4 is 20.9 Å². The van der Waals surface area contributed by atoms with Gasteiger partial charge in [-0.1, -0.05) is 12.1 Å². The standard InChI is InChI=1S/C24H27FN4O5/c1-24(2,12-30)28-10-16-11-29-19-18(20(31)17(23(29)33)22(32)26-3)27-9-14(21(19)34-16)8-13-4-6-15(25)7-5-13/h4-7,9,16,28,30-31H,8,10-12H2,1-3H3,(H,26,32)/t16-/m0/s1. The van der Waals surface area contributed by atoms with Gasteiger partial charge in [0.25, 0.3) is 11.5 Å². The summed E-state index contributed by atoms with van der Waals surface area (Å²) in [5.74, 6) is -1.21. The van der Waals surface area contributed by atoms with Crippen LogP contribution in [0.1, 0.15) is 35.3 Å². The molecule has 0 unspecified atom stereocenters. The molecule has 9 nitrogen and oxygen atoms in total. The number of carbonyl (C=O) groups is 1. The van der Waals surface area contributed by atoms with E-state index in [9.17, 15) is 24.2 Å². The number of aromatic hydroxyl groups is 1. The number of amides is 1. The van der Waals surface area contributed by atoms with Gasteiger partial charge in [0.2, 0.25) is 0 Å². The highest BCUT2D eigenvalue weighted by atomic mass is 19.1. The minimum absolute atomic E-state index is 0.0816. The van der Waals surface area contributed by atoms with Crippen LogP contribution in [-0.4, -0.2) is 57.5 Å². The maximum absolute atomic E-state index is 13.4. The van der Waals surface area contributed by atoms with Crippen molar-refractivity contribution in [2.45, 2.75) is 38.5 Å². The summed E-state index contributed by atoms with van der Waals surface area (Å²) in [5, 5.41) is 25.9. The maximum atomic E-state index is 13.4. The fourth-order valence-electron chi connectivity index (χ4n) is 3.95. The minimum Gasteiger partial charge on any atom is -0.505 e. The van der Waals surface area contributed by atoms with Crippen molar-refractivity contribution in [2.75, 3.05) is 20.2 Å². The number of nitrogens with one attached hydrogen (secondary N) is 2. The van der Waals surface area contributed by atoms with E-state index in [1.165, 1.54) is 29.9 Å². The van der Waals surface area contributed by atoms with Gasteiger partial charge in [0.05, 0.1) is 13.2 Å². The number of nitrogens with zero attached hydrogens (tertiary/aromatic N) is 2. The highest BCUT2D eigenvalue weighted by Crippen LogP contribution is 2.37. The lowest BCUT2D eigenvalue weighted by Crippen LogP contribution is -2.50. The fraction of sp³-hybridized carbons (Fsp3) is 0.375. The molecule has 34 heavy (non-hydrogen) atoms. The number of aromatic nitrogens is 2. The molecule has 0 spiro atoms. The Bertz CT molecular complexity index is 1300. The van der Waals surface area contributed by atoms with Crippen molar-refractivity contribution < 1.29 is 24.1 Å². The number of halogens is 1. The van der Waals surface area contributed by atoms with Crippen LogP contribution in [0.5, 0.6) is 11.5 Å². The Hall–Kier alpha value is -3.50. The molecular weight excluding hydrogens is 443 g/mol. The number of pyridine rings is 2. The van der Waals surface area contributed by atoms with Gasteiger partial charge in [-0.2, -0.15) is 0 Å². The van der Waals surface area contributed by atoms with Gasteiger partial charge in [0.15, 0.2) is 11.5 Å². The molecule has 0 saturated heterocycles. The number of carbonyl (C=O) groups excluding carboxylic acids is 1. The van der Waals surface area contributed by atoms with Crippen LogP contribution in [-0.2, 0) is 13.0 Å². The van der Waals surface area contributed by atoms with Gasteiger partial charge in [-0.15, -0.1) is 0 Å². The average molecular weight is 471 g/mol. The van der Waals surface area contributed by atoms with Crippen molar-refractivity contribution in [3.8, 4) is 11.5 Å². The molecule has 180 valence electrons. The summed E-state index contributed by atoms with van der Waals surface area (Å²) in [6, 6.07) is 6.02. The third-order valence-corrected chi connectivity index (χ3v) is 5.91. The smallest absolute Gasteiger partial charge is 0.268 e. The first-order valence-corrected chi connectivity index (χ1v) is 10.9. The molecule has 0 bridgehead atoms. The first kappa shape index (κ1) is 23.7. The Morgan fingerprint density at radius 2 is 2.03 bits per heavy atom. The lowest BCUT2D eigenvalue weighted by Gasteiger charge is -2.32. The summed E-state index contributed by atoms with van der Waals surface area (Å²) in [4.78, 5) is 30.0. The second kappa shape index (κ2) is 9.03. The van der Waals surface area contributed by atoms with Gasteiger partial charge in [-0.25, -0.2) is 4.39 Å². The van der Waals surface area contributed by atoms with Gasteiger partial charge in [-0.05, 0) is 31.5 Å². The normalized spacial score (nSPS) is 15.3. The average Bonchev–Trinajstić information content (AvgIpc) is 2.83.